The number of sulfonamides is 1. The molecule has 8 heteroatoms. The predicted octanol–water partition coefficient (Wildman–Crippen LogP) is -1.05. The molecule has 2 N–H and O–H groups in total. The Morgan fingerprint density at radius 3 is 2.12 bits per heavy atom. The summed E-state index contributed by atoms with van der Waals surface area (Å²) in [6.07, 6.45) is 1.44. The van der Waals surface area contributed by atoms with Gasteiger partial charge in [-0.2, -0.15) is 0 Å². The quantitative estimate of drug-likeness (QED) is 0.523. The van der Waals surface area contributed by atoms with Crippen molar-refractivity contribution in [2.24, 2.45) is 0 Å². The molecule has 16 heavy (non-hydrogen) atoms. The molecule has 0 aromatic carbocycles. The van der Waals surface area contributed by atoms with Crippen LogP contribution in [-0.4, -0.2) is 54.2 Å². The smallest absolute Gasteiger partial charge is 0.212 e. The zero-order valence-electron chi connectivity index (χ0n) is 9.69. The monoisotopic (exact) mass is 272 g/mol. The number of hydrogen-bond donors (Lipinski definition) is 2. The average Bonchev–Trinajstić information content (AvgIpc) is 2.11. The molecule has 0 atom stereocenters. The molecule has 0 spiro atoms. The molecule has 0 unspecified atom stereocenters. The molecule has 0 saturated heterocycles. The van der Waals surface area contributed by atoms with Crippen molar-refractivity contribution in [1.82, 2.24) is 10.0 Å². The van der Waals surface area contributed by atoms with Gasteiger partial charge in [-0.15, -0.1) is 0 Å². The highest BCUT2D eigenvalue weighted by atomic mass is 32.2. The molecule has 0 heterocycles. The minimum absolute atomic E-state index is 0.00271. The molecule has 0 bridgehead atoms. The van der Waals surface area contributed by atoms with E-state index in [4.69, 9.17) is 0 Å². The van der Waals surface area contributed by atoms with E-state index in [1.807, 2.05) is 6.92 Å². The fourth-order valence-corrected chi connectivity index (χ4v) is 2.70. The summed E-state index contributed by atoms with van der Waals surface area (Å²) in [6.45, 7) is 3.19. The van der Waals surface area contributed by atoms with E-state index in [2.05, 4.69) is 10.0 Å². The molecule has 0 aliphatic rings. The normalized spacial score (nSPS) is 12.9. The highest BCUT2D eigenvalue weighted by Gasteiger charge is 2.09. The minimum Gasteiger partial charge on any atom is -0.316 e. The van der Waals surface area contributed by atoms with Crippen molar-refractivity contribution in [3.63, 3.8) is 0 Å². The van der Waals surface area contributed by atoms with Gasteiger partial charge in [0.15, 0.2) is 0 Å². The topological polar surface area (TPSA) is 92.3 Å². The molecule has 0 saturated carbocycles. The van der Waals surface area contributed by atoms with Crippen molar-refractivity contribution in [3.8, 4) is 0 Å². The maximum absolute atomic E-state index is 11.3. The summed E-state index contributed by atoms with van der Waals surface area (Å²) >= 11 is 0. The van der Waals surface area contributed by atoms with Gasteiger partial charge < -0.3 is 5.32 Å². The first kappa shape index (κ1) is 15.8. The summed E-state index contributed by atoms with van der Waals surface area (Å²) in [5, 5.41) is 2.90. The Morgan fingerprint density at radius 1 is 1.00 bits per heavy atom. The van der Waals surface area contributed by atoms with Gasteiger partial charge in [-0.1, -0.05) is 6.92 Å². The van der Waals surface area contributed by atoms with Gasteiger partial charge in [-0.25, -0.2) is 21.6 Å². The van der Waals surface area contributed by atoms with Crippen molar-refractivity contribution in [2.75, 3.05) is 37.4 Å². The molecule has 98 valence electrons. The van der Waals surface area contributed by atoms with Crippen LogP contribution in [0.3, 0.4) is 0 Å². The molecular formula is C8H20N2O4S2. The van der Waals surface area contributed by atoms with E-state index in [1.54, 1.807) is 0 Å². The van der Waals surface area contributed by atoms with Crippen LogP contribution in [0, 0.1) is 0 Å². The summed E-state index contributed by atoms with van der Waals surface area (Å²) in [6, 6.07) is 0. The Bertz CT molecular complexity index is 375. The maximum Gasteiger partial charge on any atom is 0.212 e. The SMILES string of the molecule is CCNCCS(=O)(=O)NCCCS(C)(=O)=O. The Hall–Kier alpha value is -0.180. The van der Waals surface area contributed by atoms with Crippen LogP contribution in [-0.2, 0) is 19.9 Å². The number of hydrogen-bond acceptors (Lipinski definition) is 5. The Balaban J connectivity index is 3.75. The zero-order chi connectivity index (χ0) is 12.7. The van der Waals surface area contributed by atoms with Gasteiger partial charge in [0.1, 0.15) is 9.84 Å². The third kappa shape index (κ3) is 10.3. The Morgan fingerprint density at radius 2 is 1.62 bits per heavy atom. The average molecular weight is 272 g/mol. The molecule has 0 radical (unpaired) electrons. The van der Waals surface area contributed by atoms with Crippen LogP contribution in [0.5, 0.6) is 0 Å². The van der Waals surface area contributed by atoms with E-state index in [0.717, 1.165) is 12.8 Å². The zero-order valence-corrected chi connectivity index (χ0v) is 11.3. The number of sulfone groups is 1. The first-order valence-electron chi connectivity index (χ1n) is 5.12. The first-order chi connectivity index (χ1) is 7.27. The standard InChI is InChI=1S/C8H20N2O4S2/c1-3-9-6-8-16(13,14)10-5-4-7-15(2,11)12/h9-10H,3-8H2,1-2H3. The van der Waals surface area contributed by atoms with Gasteiger partial charge in [-0.3, -0.25) is 0 Å². The molecule has 6 nitrogen and oxygen atoms in total. The molecule has 0 aliphatic carbocycles. The van der Waals surface area contributed by atoms with E-state index in [9.17, 15) is 16.8 Å². The van der Waals surface area contributed by atoms with Gasteiger partial charge in [0, 0.05) is 19.3 Å². The van der Waals surface area contributed by atoms with Gasteiger partial charge in [0.2, 0.25) is 10.0 Å². The summed E-state index contributed by atoms with van der Waals surface area (Å²) < 4.78 is 46.6. The van der Waals surface area contributed by atoms with Crippen molar-refractivity contribution >= 4 is 19.9 Å². The third-order valence-corrected chi connectivity index (χ3v) is 4.23. The van der Waals surface area contributed by atoms with Crippen LogP contribution < -0.4 is 10.0 Å². The van der Waals surface area contributed by atoms with Gasteiger partial charge in [0.05, 0.1) is 11.5 Å². The van der Waals surface area contributed by atoms with Gasteiger partial charge in [-0.05, 0) is 13.0 Å². The van der Waals surface area contributed by atoms with Crippen molar-refractivity contribution in [3.05, 3.63) is 0 Å². The lowest BCUT2D eigenvalue weighted by Gasteiger charge is -2.06. The summed E-state index contributed by atoms with van der Waals surface area (Å²) in [5.41, 5.74) is 0. The Kier molecular flexibility index (Phi) is 7.12. The van der Waals surface area contributed by atoms with Gasteiger partial charge in [0.25, 0.3) is 0 Å². The predicted molar refractivity (Wildman–Crippen MR) is 64.7 cm³/mol. The fourth-order valence-electron chi connectivity index (χ4n) is 1.02. The van der Waals surface area contributed by atoms with Crippen LogP contribution in [0.15, 0.2) is 0 Å². The third-order valence-electron chi connectivity index (χ3n) is 1.81. The lowest BCUT2D eigenvalue weighted by Crippen LogP contribution is -2.33. The highest BCUT2D eigenvalue weighted by molar-refractivity contribution is 7.90. The van der Waals surface area contributed by atoms with E-state index >= 15 is 0 Å². The largest absolute Gasteiger partial charge is 0.316 e. The summed E-state index contributed by atoms with van der Waals surface area (Å²) in [5.74, 6) is 0.0163. The molecule has 0 aromatic heterocycles. The second-order valence-electron chi connectivity index (χ2n) is 3.55. The van der Waals surface area contributed by atoms with Crippen LogP contribution in [0.2, 0.25) is 0 Å². The lowest BCUT2D eigenvalue weighted by molar-refractivity contribution is 0.574. The van der Waals surface area contributed by atoms with E-state index < -0.39 is 19.9 Å². The van der Waals surface area contributed by atoms with E-state index in [0.29, 0.717) is 13.0 Å². The second kappa shape index (κ2) is 7.21. The van der Waals surface area contributed by atoms with Crippen LogP contribution in [0.25, 0.3) is 0 Å². The van der Waals surface area contributed by atoms with Crippen molar-refractivity contribution in [2.45, 2.75) is 13.3 Å². The molecule has 0 aromatic rings. The molecule has 0 amide bonds. The first-order valence-corrected chi connectivity index (χ1v) is 8.84. The van der Waals surface area contributed by atoms with Crippen LogP contribution in [0.1, 0.15) is 13.3 Å². The van der Waals surface area contributed by atoms with E-state index in [-0.39, 0.29) is 18.1 Å². The van der Waals surface area contributed by atoms with Gasteiger partial charge >= 0.3 is 0 Å². The molecule has 0 aliphatic heterocycles. The lowest BCUT2D eigenvalue weighted by atomic mass is 10.5. The van der Waals surface area contributed by atoms with Crippen LogP contribution in [0.4, 0.5) is 0 Å². The van der Waals surface area contributed by atoms with E-state index in [1.165, 1.54) is 0 Å². The minimum atomic E-state index is -3.28. The Labute approximate surface area is 97.8 Å². The van der Waals surface area contributed by atoms with Crippen LogP contribution >= 0.6 is 0 Å². The highest BCUT2D eigenvalue weighted by Crippen LogP contribution is 1.89. The fraction of sp³-hybridized carbons (Fsp3) is 1.00. The van der Waals surface area contributed by atoms with Crippen molar-refractivity contribution in [1.29, 1.82) is 0 Å². The maximum atomic E-state index is 11.3. The molecular weight excluding hydrogens is 252 g/mol. The summed E-state index contributed by atoms with van der Waals surface area (Å²) in [4.78, 5) is 0. The molecule has 0 fully saturated rings. The second-order valence-corrected chi connectivity index (χ2v) is 7.74. The number of rotatable bonds is 9. The summed E-state index contributed by atoms with van der Waals surface area (Å²) in [7, 11) is -6.29. The molecule has 0 rings (SSSR count). The number of nitrogens with one attached hydrogen (secondary N) is 2. The van der Waals surface area contributed by atoms with Crippen molar-refractivity contribution < 1.29 is 16.8 Å².